The molecule has 7 heteroatoms. The number of piperidine rings is 1. The molecule has 0 spiro atoms. The maximum atomic E-state index is 13.1. The number of pyridine rings is 1. The zero-order chi connectivity index (χ0) is 21.7. The van der Waals surface area contributed by atoms with E-state index in [9.17, 15) is 14.4 Å². The summed E-state index contributed by atoms with van der Waals surface area (Å²) in [5.41, 5.74) is 1.53. The van der Waals surface area contributed by atoms with Gasteiger partial charge in [-0.2, -0.15) is 0 Å². The summed E-state index contributed by atoms with van der Waals surface area (Å²) >= 11 is 0. The lowest BCUT2D eigenvalue weighted by Crippen LogP contribution is -2.47. The van der Waals surface area contributed by atoms with Gasteiger partial charge >= 0.3 is 6.09 Å². The highest BCUT2D eigenvalue weighted by molar-refractivity contribution is 5.95. The molecule has 0 radical (unpaired) electrons. The average Bonchev–Trinajstić information content (AvgIpc) is 2.75. The molecule has 2 aromatic rings. The Morgan fingerprint density at radius 2 is 1.83 bits per heavy atom. The van der Waals surface area contributed by atoms with Crippen molar-refractivity contribution in [2.75, 3.05) is 19.7 Å². The Labute approximate surface area is 176 Å². The van der Waals surface area contributed by atoms with Crippen LogP contribution in [0.1, 0.15) is 54.2 Å². The van der Waals surface area contributed by atoms with E-state index in [0.717, 1.165) is 5.56 Å². The van der Waals surface area contributed by atoms with Crippen molar-refractivity contribution in [2.45, 2.75) is 45.7 Å². The number of carbonyl (C=O) groups excluding carboxylic acids is 2. The van der Waals surface area contributed by atoms with E-state index in [4.69, 9.17) is 4.74 Å². The van der Waals surface area contributed by atoms with Crippen LogP contribution in [0.2, 0.25) is 0 Å². The number of aryl methyl sites for hydroxylation is 1. The number of amides is 2. The molecule has 30 heavy (non-hydrogen) atoms. The van der Waals surface area contributed by atoms with Crippen molar-refractivity contribution in [1.29, 1.82) is 0 Å². The summed E-state index contributed by atoms with van der Waals surface area (Å²) in [7, 11) is 0. The van der Waals surface area contributed by atoms with Crippen molar-refractivity contribution in [2.24, 2.45) is 0 Å². The van der Waals surface area contributed by atoms with Crippen LogP contribution in [0.5, 0.6) is 0 Å². The normalized spacial score (nSPS) is 15.5. The number of hydrogen-bond donors (Lipinski definition) is 1. The number of carbonyl (C=O) groups is 2. The van der Waals surface area contributed by atoms with Gasteiger partial charge in [-0.25, -0.2) is 4.79 Å². The van der Waals surface area contributed by atoms with Crippen molar-refractivity contribution in [1.82, 2.24) is 14.8 Å². The maximum absolute atomic E-state index is 13.1. The topological polar surface area (TPSA) is 80.6 Å². The van der Waals surface area contributed by atoms with E-state index in [1.54, 1.807) is 35.6 Å². The molecule has 7 nitrogen and oxygen atoms in total. The summed E-state index contributed by atoms with van der Waals surface area (Å²) in [6.45, 7) is 6.88. The van der Waals surface area contributed by atoms with Crippen LogP contribution in [0.3, 0.4) is 0 Å². The molecule has 1 fully saturated rings. The molecule has 0 bridgehead atoms. The lowest BCUT2D eigenvalue weighted by Gasteiger charge is -2.31. The lowest BCUT2D eigenvalue weighted by molar-refractivity contribution is 0.0858. The summed E-state index contributed by atoms with van der Waals surface area (Å²) in [5, 5.41) is 2.98. The molecule has 0 aliphatic carbocycles. The number of likely N-dealkylation sites (tertiary alicyclic amines) is 1. The largest absolute Gasteiger partial charge is 0.450 e. The number of benzene rings is 1. The van der Waals surface area contributed by atoms with E-state index in [0.29, 0.717) is 38.1 Å². The molecule has 0 saturated carbocycles. The van der Waals surface area contributed by atoms with Crippen molar-refractivity contribution in [3.63, 3.8) is 0 Å². The highest BCUT2D eigenvalue weighted by Gasteiger charge is 2.26. The van der Waals surface area contributed by atoms with Crippen LogP contribution in [-0.2, 0) is 4.74 Å². The van der Waals surface area contributed by atoms with Crippen LogP contribution in [0.4, 0.5) is 4.79 Å². The average molecular weight is 412 g/mol. The zero-order valence-corrected chi connectivity index (χ0v) is 17.8. The summed E-state index contributed by atoms with van der Waals surface area (Å²) in [6, 6.07) is 11.3. The van der Waals surface area contributed by atoms with Gasteiger partial charge in [0.2, 0.25) is 0 Å². The predicted molar refractivity (Wildman–Crippen MR) is 115 cm³/mol. The molecule has 1 aromatic carbocycles. The second-order valence-electron chi connectivity index (χ2n) is 7.61. The van der Waals surface area contributed by atoms with Gasteiger partial charge in [-0.1, -0.05) is 30.3 Å². The standard InChI is InChI=1S/C23H29N3O4/c1-4-30-23(29)25-13-11-19(12-14-25)24-21(27)20-16(2)10-15-26(22(20)28)17(3)18-8-6-5-7-9-18/h5-10,15,17,19H,4,11-14H2,1-3H3,(H,24,27). The minimum atomic E-state index is -0.360. The third-order valence-electron chi connectivity index (χ3n) is 5.61. The third-order valence-corrected chi connectivity index (χ3v) is 5.61. The van der Waals surface area contributed by atoms with E-state index < -0.39 is 0 Å². The van der Waals surface area contributed by atoms with E-state index in [1.165, 1.54) is 0 Å². The van der Waals surface area contributed by atoms with E-state index in [2.05, 4.69) is 5.32 Å². The van der Waals surface area contributed by atoms with Crippen LogP contribution in [0, 0.1) is 6.92 Å². The zero-order valence-electron chi connectivity index (χ0n) is 17.8. The molecular weight excluding hydrogens is 382 g/mol. The first-order valence-electron chi connectivity index (χ1n) is 10.4. The highest BCUT2D eigenvalue weighted by atomic mass is 16.6. The molecule has 1 unspecified atom stereocenters. The first-order chi connectivity index (χ1) is 14.4. The number of aromatic nitrogens is 1. The number of rotatable bonds is 5. The fourth-order valence-electron chi connectivity index (χ4n) is 3.79. The quantitative estimate of drug-likeness (QED) is 0.820. The van der Waals surface area contributed by atoms with Gasteiger partial charge < -0.3 is 19.5 Å². The molecule has 1 aliphatic heterocycles. The smallest absolute Gasteiger partial charge is 0.409 e. The Morgan fingerprint density at radius 3 is 2.47 bits per heavy atom. The molecule has 1 N–H and O–H groups in total. The van der Waals surface area contributed by atoms with E-state index in [1.807, 2.05) is 37.3 Å². The van der Waals surface area contributed by atoms with Gasteiger partial charge in [0, 0.05) is 25.3 Å². The SMILES string of the molecule is CCOC(=O)N1CCC(NC(=O)c2c(C)ccn(C(C)c3ccccc3)c2=O)CC1. The Hall–Kier alpha value is -3.09. The number of ether oxygens (including phenoxy) is 1. The molecular formula is C23H29N3O4. The summed E-state index contributed by atoms with van der Waals surface area (Å²) in [6.07, 6.45) is 2.68. The Bertz CT molecular complexity index is 947. The third kappa shape index (κ3) is 4.72. The van der Waals surface area contributed by atoms with E-state index >= 15 is 0 Å². The van der Waals surface area contributed by atoms with Gasteiger partial charge in [0.25, 0.3) is 11.5 Å². The van der Waals surface area contributed by atoms with Crippen LogP contribution in [0.25, 0.3) is 0 Å². The van der Waals surface area contributed by atoms with Crippen molar-refractivity contribution in [3.8, 4) is 0 Å². The van der Waals surface area contributed by atoms with Gasteiger partial charge in [0.15, 0.2) is 0 Å². The van der Waals surface area contributed by atoms with Crippen LogP contribution >= 0.6 is 0 Å². The molecule has 2 heterocycles. The van der Waals surface area contributed by atoms with Crippen molar-refractivity contribution < 1.29 is 14.3 Å². The summed E-state index contributed by atoms with van der Waals surface area (Å²) in [4.78, 5) is 39.6. The Balaban J connectivity index is 1.72. The number of hydrogen-bond acceptors (Lipinski definition) is 4. The second-order valence-corrected chi connectivity index (χ2v) is 7.61. The molecule has 1 atom stereocenters. The van der Waals surface area contributed by atoms with Gasteiger partial charge in [-0.3, -0.25) is 9.59 Å². The molecule has 2 amide bonds. The Kier molecular flexibility index (Phi) is 6.92. The fourth-order valence-corrected chi connectivity index (χ4v) is 3.79. The van der Waals surface area contributed by atoms with Crippen LogP contribution in [0.15, 0.2) is 47.4 Å². The first-order valence-corrected chi connectivity index (χ1v) is 10.4. The van der Waals surface area contributed by atoms with Gasteiger partial charge in [-0.15, -0.1) is 0 Å². The summed E-state index contributed by atoms with van der Waals surface area (Å²) < 4.78 is 6.62. The number of nitrogens with zero attached hydrogens (tertiary/aromatic N) is 2. The lowest BCUT2D eigenvalue weighted by atomic mass is 10.0. The molecule has 1 aromatic heterocycles. The second kappa shape index (κ2) is 9.61. The molecule has 1 aliphatic rings. The van der Waals surface area contributed by atoms with Crippen LogP contribution < -0.4 is 10.9 Å². The van der Waals surface area contributed by atoms with E-state index in [-0.39, 0.29) is 35.2 Å². The molecule has 160 valence electrons. The number of nitrogens with one attached hydrogen (secondary N) is 1. The van der Waals surface area contributed by atoms with Gasteiger partial charge in [0.05, 0.1) is 12.6 Å². The van der Waals surface area contributed by atoms with Crippen LogP contribution in [-0.4, -0.2) is 47.2 Å². The van der Waals surface area contributed by atoms with Gasteiger partial charge in [0.1, 0.15) is 5.56 Å². The Morgan fingerprint density at radius 1 is 1.17 bits per heavy atom. The minimum Gasteiger partial charge on any atom is -0.450 e. The van der Waals surface area contributed by atoms with Crippen molar-refractivity contribution >= 4 is 12.0 Å². The monoisotopic (exact) mass is 411 g/mol. The summed E-state index contributed by atoms with van der Waals surface area (Å²) in [5.74, 6) is -0.360. The molecule has 1 saturated heterocycles. The maximum Gasteiger partial charge on any atom is 0.409 e. The van der Waals surface area contributed by atoms with Gasteiger partial charge in [-0.05, 0) is 50.8 Å². The highest BCUT2D eigenvalue weighted by Crippen LogP contribution is 2.17. The first kappa shape index (κ1) is 21.6. The molecule has 3 rings (SSSR count). The van der Waals surface area contributed by atoms with Crippen molar-refractivity contribution in [3.05, 3.63) is 69.6 Å². The predicted octanol–water partition coefficient (Wildman–Crippen LogP) is 3.12. The fraction of sp³-hybridized carbons (Fsp3) is 0.435. The minimum absolute atomic E-state index is 0.0813.